The third-order valence-electron chi connectivity index (χ3n) is 1.34. The molecule has 12 heavy (non-hydrogen) atoms. The summed E-state index contributed by atoms with van der Waals surface area (Å²) in [5, 5.41) is 8.20. The smallest absolute Gasteiger partial charge is 0.152 e. The normalized spacial score (nSPS) is 8.00. The fourth-order valence-electron chi connectivity index (χ4n) is 0.832. The highest BCUT2D eigenvalue weighted by Gasteiger charge is 1.90. The van der Waals surface area contributed by atoms with Crippen LogP contribution in [-0.2, 0) is 5.88 Å². The van der Waals surface area contributed by atoms with Crippen LogP contribution in [0.15, 0.2) is 24.3 Å². The molecule has 0 amide bonds. The summed E-state index contributed by atoms with van der Waals surface area (Å²) in [4.78, 5) is 0. The zero-order valence-electron chi connectivity index (χ0n) is 6.34. The average molecular weight is 176 g/mol. The lowest BCUT2D eigenvalue weighted by Crippen LogP contribution is -1.79. The maximum absolute atomic E-state index is 8.20. The van der Waals surface area contributed by atoms with E-state index in [-0.39, 0.29) is 0 Å². The molecule has 0 aliphatic rings. The molecule has 2 heteroatoms. The molecule has 0 unspecified atom stereocenters. The predicted octanol–water partition coefficient (Wildman–Crippen LogP) is 2.30. The number of rotatable bonds is 1. The van der Waals surface area contributed by atoms with Crippen LogP contribution in [0.2, 0.25) is 0 Å². The summed E-state index contributed by atoms with van der Waals surface area (Å²) >= 11 is 5.62. The van der Waals surface area contributed by atoms with Crippen LogP contribution in [0, 0.1) is 23.2 Å². The number of benzene rings is 1. The Morgan fingerprint density at radius 3 is 2.92 bits per heavy atom. The third-order valence-corrected chi connectivity index (χ3v) is 1.65. The molecule has 0 aliphatic carbocycles. The van der Waals surface area contributed by atoms with Crippen LogP contribution in [0.4, 0.5) is 0 Å². The van der Waals surface area contributed by atoms with E-state index in [1.54, 1.807) is 6.07 Å². The van der Waals surface area contributed by atoms with Gasteiger partial charge < -0.3 is 0 Å². The summed E-state index contributed by atoms with van der Waals surface area (Å²) < 4.78 is 0. The van der Waals surface area contributed by atoms with Gasteiger partial charge in [0.25, 0.3) is 0 Å². The van der Waals surface area contributed by atoms with Gasteiger partial charge in [-0.2, -0.15) is 5.26 Å². The van der Waals surface area contributed by atoms with Gasteiger partial charge >= 0.3 is 0 Å². The van der Waals surface area contributed by atoms with Crippen LogP contribution >= 0.6 is 11.6 Å². The molecule has 0 aromatic heterocycles. The Labute approximate surface area is 76.6 Å². The summed E-state index contributed by atoms with van der Waals surface area (Å²) in [6, 6.07) is 9.27. The molecule has 0 N–H and O–H groups in total. The third kappa shape index (κ3) is 2.31. The van der Waals surface area contributed by atoms with Gasteiger partial charge in [-0.1, -0.05) is 18.1 Å². The van der Waals surface area contributed by atoms with Crippen molar-refractivity contribution >= 4 is 11.6 Å². The molecular formula is C10H6ClN. The number of nitriles is 1. The van der Waals surface area contributed by atoms with E-state index in [0.29, 0.717) is 5.88 Å². The quantitative estimate of drug-likeness (QED) is 0.475. The molecule has 0 radical (unpaired) electrons. The number of hydrogen-bond acceptors (Lipinski definition) is 1. The van der Waals surface area contributed by atoms with Crippen molar-refractivity contribution in [2.75, 3.05) is 0 Å². The SMILES string of the molecule is N#CC#Cc1cccc(CCl)c1. The summed E-state index contributed by atoms with van der Waals surface area (Å²) in [6.07, 6.45) is 0. The summed E-state index contributed by atoms with van der Waals surface area (Å²) in [5.74, 6) is 5.50. The molecule has 1 aromatic rings. The first-order chi connectivity index (χ1) is 5.86. The van der Waals surface area contributed by atoms with Crippen LogP contribution < -0.4 is 0 Å². The van der Waals surface area contributed by atoms with E-state index < -0.39 is 0 Å². The van der Waals surface area contributed by atoms with Crippen LogP contribution in [0.5, 0.6) is 0 Å². The van der Waals surface area contributed by atoms with Gasteiger partial charge in [-0.05, 0) is 17.7 Å². The molecular weight excluding hydrogens is 170 g/mol. The summed E-state index contributed by atoms with van der Waals surface area (Å²) in [6.45, 7) is 0. The van der Waals surface area contributed by atoms with E-state index in [9.17, 15) is 0 Å². The standard InChI is InChI=1S/C10H6ClN/c11-8-10-4-1-3-9(7-10)5-2-6-12/h1,3-4,7H,8H2. The molecule has 0 aliphatic heterocycles. The van der Waals surface area contributed by atoms with Crippen molar-refractivity contribution in [3.8, 4) is 17.9 Å². The number of nitrogens with zero attached hydrogens (tertiary/aromatic N) is 1. The molecule has 58 valence electrons. The van der Waals surface area contributed by atoms with Gasteiger partial charge in [0, 0.05) is 17.4 Å². The zero-order valence-corrected chi connectivity index (χ0v) is 7.10. The van der Waals surface area contributed by atoms with Gasteiger partial charge in [-0.3, -0.25) is 0 Å². The van der Waals surface area contributed by atoms with E-state index in [1.165, 1.54) is 0 Å². The Hall–Kier alpha value is -1.44. The maximum atomic E-state index is 8.20. The lowest BCUT2D eigenvalue weighted by atomic mass is 10.1. The van der Waals surface area contributed by atoms with E-state index in [1.807, 2.05) is 24.3 Å². The largest absolute Gasteiger partial charge is 0.183 e. The molecule has 0 atom stereocenters. The van der Waals surface area contributed by atoms with Crippen molar-refractivity contribution in [1.29, 1.82) is 5.26 Å². The highest BCUT2D eigenvalue weighted by atomic mass is 35.5. The zero-order chi connectivity index (χ0) is 8.81. The predicted molar refractivity (Wildman–Crippen MR) is 48.5 cm³/mol. The Balaban J connectivity index is 2.96. The van der Waals surface area contributed by atoms with E-state index >= 15 is 0 Å². The fraction of sp³-hybridized carbons (Fsp3) is 0.100. The second-order valence-corrected chi connectivity index (χ2v) is 2.46. The Bertz CT molecular complexity index is 365. The van der Waals surface area contributed by atoms with Crippen molar-refractivity contribution in [2.45, 2.75) is 5.88 Å². The first-order valence-corrected chi connectivity index (χ1v) is 3.95. The van der Waals surface area contributed by atoms with Gasteiger partial charge in [0.2, 0.25) is 0 Å². The van der Waals surface area contributed by atoms with Crippen molar-refractivity contribution in [3.05, 3.63) is 35.4 Å². The van der Waals surface area contributed by atoms with Crippen LogP contribution in [0.25, 0.3) is 0 Å². The van der Waals surface area contributed by atoms with Crippen molar-refractivity contribution < 1.29 is 0 Å². The minimum Gasteiger partial charge on any atom is -0.183 e. The van der Waals surface area contributed by atoms with Gasteiger partial charge in [0.1, 0.15) is 0 Å². The summed E-state index contributed by atoms with van der Waals surface area (Å²) in [5.41, 5.74) is 1.84. The van der Waals surface area contributed by atoms with Gasteiger partial charge in [-0.25, -0.2) is 0 Å². The van der Waals surface area contributed by atoms with Crippen LogP contribution in [0.3, 0.4) is 0 Å². The van der Waals surface area contributed by atoms with Gasteiger partial charge in [0.15, 0.2) is 6.07 Å². The number of halogens is 1. The van der Waals surface area contributed by atoms with Crippen LogP contribution in [0.1, 0.15) is 11.1 Å². The Kier molecular flexibility index (Phi) is 3.20. The van der Waals surface area contributed by atoms with Crippen LogP contribution in [-0.4, -0.2) is 0 Å². The van der Waals surface area contributed by atoms with Crippen molar-refractivity contribution in [3.63, 3.8) is 0 Å². The monoisotopic (exact) mass is 175 g/mol. The summed E-state index contributed by atoms with van der Waals surface area (Å²) in [7, 11) is 0. The average Bonchev–Trinajstić information content (AvgIpc) is 2.15. The fourth-order valence-corrected chi connectivity index (χ4v) is 0.999. The van der Waals surface area contributed by atoms with Gasteiger partial charge in [-0.15, -0.1) is 11.6 Å². The minimum absolute atomic E-state index is 0.474. The Morgan fingerprint density at radius 1 is 1.42 bits per heavy atom. The maximum Gasteiger partial charge on any atom is 0.152 e. The van der Waals surface area contributed by atoms with E-state index in [0.717, 1.165) is 11.1 Å². The molecule has 1 aromatic carbocycles. The second-order valence-electron chi connectivity index (χ2n) is 2.20. The molecule has 0 spiro atoms. The minimum atomic E-state index is 0.474. The molecule has 0 fully saturated rings. The van der Waals surface area contributed by atoms with Crippen molar-refractivity contribution in [1.82, 2.24) is 0 Å². The molecule has 1 nitrogen and oxygen atoms in total. The molecule has 0 heterocycles. The molecule has 1 rings (SSSR count). The first kappa shape index (κ1) is 8.65. The second kappa shape index (κ2) is 4.44. The molecule has 0 saturated carbocycles. The lowest BCUT2D eigenvalue weighted by Gasteiger charge is -1.93. The lowest BCUT2D eigenvalue weighted by molar-refractivity contribution is 1.39. The number of alkyl halides is 1. The first-order valence-electron chi connectivity index (χ1n) is 3.42. The van der Waals surface area contributed by atoms with Gasteiger partial charge in [0.05, 0.1) is 0 Å². The Morgan fingerprint density at radius 2 is 2.25 bits per heavy atom. The highest BCUT2D eigenvalue weighted by Crippen LogP contribution is 2.06. The topological polar surface area (TPSA) is 23.8 Å². The highest BCUT2D eigenvalue weighted by molar-refractivity contribution is 6.17. The molecule has 0 saturated heterocycles. The van der Waals surface area contributed by atoms with E-state index in [2.05, 4.69) is 11.8 Å². The number of hydrogen-bond donors (Lipinski definition) is 0. The van der Waals surface area contributed by atoms with E-state index in [4.69, 9.17) is 16.9 Å². The van der Waals surface area contributed by atoms with Crippen molar-refractivity contribution in [2.24, 2.45) is 0 Å². The molecule has 0 bridgehead atoms.